The van der Waals surface area contributed by atoms with Crippen LogP contribution in [-0.4, -0.2) is 36.4 Å². The lowest BCUT2D eigenvalue weighted by Crippen LogP contribution is -2.43. The molecular weight excluding hydrogens is 324 g/mol. The summed E-state index contributed by atoms with van der Waals surface area (Å²) < 4.78 is 5.11. The van der Waals surface area contributed by atoms with E-state index in [1.165, 1.54) is 11.3 Å². The number of methoxy groups -OCH3 is 1. The Morgan fingerprint density at radius 2 is 2.00 bits per heavy atom. The lowest BCUT2D eigenvalue weighted by molar-refractivity contribution is -0.119. The Kier molecular flexibility index (Phi) is 4.85. The molecule has 1 fully saturated rings. The van der Waals surface area contributed by atoms with Crippen molar-refractivity contribution in [3.63, 3.8) is 0 Å². The van der Waals surface area contributed by atoms with Gasteiger partial charge in [0.25, 0.3) is 5.91 Å². The van der Waals surface area contributed by atoms with Gasteiger partial charge in [-0.1, -0.05) is 0 Å². The number of thiophene rings is 1. The molecule has 2 heterocycles. The molecule has 6 heteroatoms. The highest BCUT2D eigenvalue weighted by Crippen LogP contribution is 2.25. The number of likely N-dealkylation sites (tertiary alicyclic amines) is 1. The van der Waals surface area contributed by atoms with Crippen molar-refractivity contribution in [2.75, 3.05) is 19.0 Å². The molecule has 0 unspecified atom stereocenters. The number of rotatable bonds is 4. The van der Waals surface area contributed by atoms with Crippen molar-refractivity contribution < 1.29 is 14.3 Å². The molecule has 1 aromatic carbocycles. The van der Waals surface area contributed by atoms with Crippen LogP contribution in [0.5, 0.6) is 5.75 Å². The first-order chi connectivity index (χ1) is 11.6. The number of benzene rings is 1. The van der Waals surface area contributed by atoms with E-state index in [-0.39, 0.29) is 11.8 Å². The van der Waals surface area contributed by atoms with Crippen molar-refractivity contribution in [2.45, 2.75) is 25.8 Å². The SMILES string of the molecule is COc1ccc(NC(=O)[C@@H]2CCCN2C(=O)c2sccc2C)cc1. The molecule has 0 saturated carbocycles. The van der Waals surface area contributed by atoms with Gasteiger partial charge in [-0.3, -0.25) is 9.59 Å². The van der Waals surface area contributed by atoms with E-state index in [1.807, 2.05) is 18.4 Å². The quantitative estimate of drug-likeness (QED) is 0.926. The molecular formula is C18H20N2O3S. The Labute approximate surface area is 145 Å². The average Bonchev–Trinajstić information content (AvgIpc) is 3.24. The standard InChI is InChI=1S/C18H20N2O3S/c1-12-9-11-24-16(12)18(22)20-10-3-4-15(20)17(21)19-13-5-7-14(23-2)8-6-13/h5-9,11,15H,3-4,10H2,1-2H3,(H,19,21)/t15-/m0/s1. The predicted octanol–water partition coefficient (Wildman–Crippen LogP) is 3.31. The van der Waals surface area contributed by atoms with E-state index in [2.05, 4.69) is 5.32 Å². The van der Waals surface area contributed by atoms with Crippen molar-refractivity contribution in [3.8, 4) is 5.75 Å². The first-order valence-electron chi connectivity index (χ1n) is 7.90. The van der Waals surface area contributed by atoms with Crippen LogP contribution < -0.4 is 10.1 Å². The van der Waals surface area contributed by atoms with Gasteiger partial charge in [0, 0.05) is 12.2 Å². The monoisotopic (exact) mass is 344 g/mol. The molecule has 1 atom stereocenters. The number of nitrogens with zero attached hydrogens (tertiary/aromatic N) is 1. The summed E-state index contributed by atoms with van der Waals surface area (Å²) in [5, 5.41) is 4.80. The molecule has 2 aromatic rings. The van der Waals surface area contributed by atoms with E-state index in [9.17, 15) is 9.59 Å². The first-order valence-corrected chi connectivity index (χ1v) is 8.78. The van der Waals surface area contributed by atoms with E-state index < -0.39 is 6.04 Å². The summed E-state index contributed by atoms with van der Waals surface area (Å²) in [5.41, 5.74) is 1.67. The Hall–Kier alpha value is -2.34. The van der Waals surface area contributed by atoms with Gasteiger partial charge in [-0.2, -0.15) is 0 Å². The molecule has 2 amide bonds. The third kappa shape index (κ3) is 3.28. The van der Waals surface area contributed by atoms with Crippen LogP contribution in [0, 0.1) is 6.92 Å². The number of amides is 2. The van der Waals surface area contributed by atoms with Crippen molar-refractivity contribution >= 4 is 28.8 Å². The van der Waals surface area contributed by atoms with E-state index >= 15 is 0 Å². The third-order valence-corrected chi connectivity index (χ3v) is 5.23. The summed E-state index contributed by atoms with van der Waals surface area (Å²) in [6, 6.07) is 8.69. The summed E-state index contributed by atoms with van der Waals surface area (Å²) in [4.78, 5) is 27.7. The summed E-state index contributed by atoms with van der Waals surface area (Å²) in [6.07, 6.45) is 1.54. The van der Waals surface area contributed by atoms with Crippen LogP contribution in [-0.2, 0) is 4.79 Å². The molecule has 1 saturated heterocycles. The largest absolute Gasteiger partial charge is 0.497 e. The number of ether oxygens (including phenoxy) is 1. The van der Waals surface area contributed by atoms with Gasteiger partial charge in [0.1, 0.15) is 11.8 Å². The number of nitrogens with one attached hydrogen (secondary N) is 1. The van der Waals surface area contributed by atoms with Crippen LogP contribution in [0.4, 0.5) is 5.69 Å². The van der Waals surface area contributed by atoms with Gasteiger partial charge in [-0.05, 0) is 61.0 Å². The number of anilines is 1. The second-order valence-electron chi connectivity index (χ2n) is 5.81. The molecule has 1 aliphatic rings. The van der Waals surface area contributed by atoms with Crippen molar-refractivity contribution in [1.29, 1.82) is 0 Å². The van der Waals surface area contributed by atoms with Crippen LogP contribution in [0.15, 0.2) is 35.7 Å². The topological polar surface area (TPSA) is 58.6 Å². The molecule has 0 aliphatic carbocycles. The molecule has 24 heavy (non-hydrogen) atoms. The minimum absolute atomic E-state index is 0.0464. The molecule has 1 aliphatic heterocycles. The Morgan fingerprint density at radius 1 is 1.25 bits per heavy atom. The van der Waals surface area contributed by atoms with Gasteiger partial charge < -0.3 is 15.0 Å². The number of carbonyl (C=O) groups excluding carboxylic acids is 2. The normalized spacial score (nSPS) is 16.9. The molecule has 0 spiro atoms. The van der Waals surface area contributed by atoms with Gasteiger partial charge in [0.15, 0.2) is 0 Å². The van der Waals surface area contributed by atoms with Gasteiger partial charge in [0.2, 0.25) is 5.91 Å². The van der Waals surface area contributed by atoms with Crippen LogP contribution in [0.1, 0.15) is 28.1 Å². The highest BCUT2D eigenvalue weighted by molar-refractivity contribution is 7.12. The van der Waals surface area contributed by atoms with Crippen LogP contribution >= 0.6 is 11.3 Å². The average molecular weight is 344 g/mol. The van der Waals surface area contributed by atoms with Gasteiger partial charge >= 0.3 is 0 Å². The van der Waals surface area contributed by atoms with Gasteiger partial charge in [-0.15, -0.1) is 11.3 Å². The van der Waals surface area contributed by atoms with Crippen LogP contribution in [0.25, 0.3) is 0 Å². The summed E-state index contributed by atoms with van der Waals surface area (Å²) >= 11 is 1.43. The maximum Gasteiger partial charge on any atom is 0.264 e. The van der Waals surface area contributed by atoms with E-state index in [4.69, 9.17) is 4.74 Å². The molecule has 3 rings (SSSR count). The van der Waals surface area contributed by atoms with Gasteiger partial charge in [0.05, 0.1) is 12.0 Å². The van der Waals surface area contributed by atoms with E-state index in [0.717, 1.165) is 22.6 Å². The highest BCUT2D eigenvalue weighted by atomic mass is 32.1. The molecule has 126 valence electrons. The highest BCUT2D eigenvalue weighted by Gasteiger charge is 2.35. The van der Waals surface area contributed by atoms with Crippen molar-refractivity contribution in [1.82, 2.24) is 4.90 Å². The zero-order chi connectivity index (χ0) is 17.1. The predicted molar refractivity (Wildman–Crippen MR) is 94.7 cm³/mol. The minimum atomic E-state index is -0.416. The van der Waals surface area contributed by atoms with Crippen molar-refractivity contribution in [2.24, 2.45) is 0 Å². The summed E-state index contributed by atoms with van der Waals surface area (Å²) in [7, 11) is 1.60. The number of hydrogen-bond acceptors (Lipinski definition) is 4. The first kappa shape index (κ1) is 16.5. The maximum absolute atomic E-state index is 12.7. The third-order valence-electron chi connectivity index (χ3n) is 4.23. The Bertz CT molecular complexity index is 739. The second-order valence-corrected chi connectivity index (χ2v) is 6.72. The molecule has 1 aromatic heterocycles. The Morgan fingerprint density at radius 3 is 2.62 bits per heavy atom. The lowest BCUT2D eigenvalue weighted by atomic mass is 10.2. The smallest absolute Gasteiger partial charge is 0.264 e. The zero-order valence-electron chi connectivity index (χ0n) is 13.7. The fraction of sp³-hybridized carbons (Fsp3) is 0.333. The minimum Gasteiger partial charge on any atom is -0.497 e. The fourth-order valence-electron chi connectivity index (χ4n) is 2.90. The van der Waals surface area contributed by atoms with Crippen LogP contribution in [0.3, 0.4) is 0 Å². The summed E-state index contributed by atoms with van der Waals surface area (Å²) in [6.45, 7) is 2.54. The number of hydrogen-bond donors (Lipinski definition) is 1. The van der Waals surface area contributed by atoms with E-state index in [0.29, 0.717) is 18.7 Å². The number of aryl methyl sites for hydroxylation is 1. The molecule has 1 N–H and O–H groups in total. The number of carbonyl (C=O) groups is 2. The fourth-order valence-corrected chi connectivity index (χ4v) is 3.78. The van der Waals surface area contributed by atoms with E-state index in [1.54, 1.807) is 36.3 Å². The lowest BCUT2D eigenvalue weighted by Gasteiger charge is -2.23. The molecule has 5 nitrogen and oxygen atoms in total. The molecule has 0 bridgehead atoms. The zero-order valence-corrected chi connectivity index (χ0v) is 14.6. The second kappa shape index (κ2) is 7.05. The summed E-state index contributed by atoms with van der Waals surface area (Å²) in [5.74, 6) is 0.550. The maximum atomic E-state index is 12.7. The van der Waals surface area contributed by atoms with Crippen molar-refractivity contribution in [3.05, 3.63) is 46.2 Å². The van der Waals surface area contributed by atoms with Crippen LogP contribution in [0.2, 0.25) is 0 Å². The van der Waals surface area contributed by atoms with Gasteiger partial charge in [-0.25, -0.2) is 0 Å². The molecule has 0 radical (unpaired) electrons. The Balaban J connectivity index is 1.71.